The first-order valence-corrected chi connectivity index (χ1v) is 11.7. The highest BCUT2D eigenvalue weighted by Crippen LogP contribution is 2.29. The average molecular weight is 522 g/mol. The Balaban J connectivity index is 1.68. The fraction of sp³-hybridized carbons (Fsp3) is 0.333. The van der Waals surface area contributed by atoms with Gasteiger partial charge in [0.05, 0.1) is 4.47 Å². The maximum atomic E-state index is 12.6. The number of halogens is 3. The molecule has 1 aliphatic carbocycles. The monoisotopic (exact) mass is 520 g/mol. The molecule has 1 amide bonds. The van der Waals surface area contributed by atoms with Gasteiger partial charge in [0.25, 0.3) is 5.91 Å². The number of hydrogen-bond donors (Lipinski definition) is 1. The highest BCUT2D eigenvalue weighted by Gasteiger charge is 2.24. The normalized spacial score (nSPS) is 18.9. The number of hydrogen-bond acceptors (Lipinski definition) is 3. The minimum atomic E-state index is -0.324. The number of nitrogens with zero attached hydrogens (tertiary/aromatic N) is 1. The van der Waals surface area contributed by atoms with Gasteiger partial charge in [0.15, 0.2) is 0 Å². The van der Waals surface area contributed by atoms with Gasteiger partial charge in [-0.2, -0.15) is 5.26 Å². The molecule has 0 spiro atoms. The Morgan fingerprint density at radius 2 is 2.03 bits per heavy atom. The number of nitrogens with one attached hydrogen (secondary N) is 1. The second-order valence-electron chi connectivity index (χ2n) is 7.73. The zero-order chi connectivity index (χ0) is 22.4. The van der Waals surface area contributed by atoms with E-state index in [0.29, 0.717) is 26.2 Å². The SMILES string of the molecule is CC1CCCCC1NC(=O)C(C#N)=Cc1ccc(OCc2ccc(Cl)cc2Cl)c(Br)c1. The lowest BCUT2D eigenvalue weighted by Gasteiger charge is -2.29. The lowest BCUT2D eigenvalue weighted by atomic mass is 9.86. The molecule has 1 saturated carbocycles. The lowest BCUT2D eigenvalue weighted by Crippen LogP contribution is -2.41. The molecule has 1 aliphatic rings. The Bertz CT molecular complexity index is 1030. The molecule has 2 aromatic rings. The highest BCUT2D eigenvalue weighted by atomic mass is 79.9. The molecule has 162 valence electrons. The summed E-state index contributed by atoms with van der Waals surface area (Å²) < 4.78 is 6.56. The summed E-state index contributed by atoms with van der Waals surface area (Å²) in [5.41, 5.74) is 1.64. The van der Waals surface area contributed by atoms with E-state index in [9.17, 15) is 10.1 Å². The van der Waals surface area contributed by atoms with Crippen LogP contribution in [0.1, 0.15) is 43.7 Å². The number of carbonyl (C=O) groups is 1. The molecule has 1 fully saturated rings. The van der Waals surface area contributed by atoms with E-state index in [1.165, 1.54) is 6.42 Å². The molecule has 0 aromatic heterocycles. The molecule has 1 N–H and O–H groups in total. The van der Waals surface area contributed by atoms with Gasteiger partial charge in [-0.1, -0.05) is 55.1 Å². The van der Waals surface area contributed by atoms with E-state index in [4.69, 9.17) is 27.9 Å². The van der Waals surface area contributed by atoms with Gasteiger partial charge >= 0.3 is 0 Å². The van der Waals surface area contributed by atoms with Crippen LogP contribution in [0.15, 0.2) is 46.4 Å². The fourth-order valence-corrected chi connectivity index (χ4v) is 4.58. The Kier molecular flexibility index (Phi) is 8.43. The summed E-state index contributed by atoms with van der Waals surface area (Å²) in [6.07, 6.45) is 5.96. The first-order valence-electron chi connectivity index (χ1n) is 10.2. The molecule has 0 radical (unpaired) electrons. The van der Waals surface area contributed by atoms with Gasteiger partial charge in [0.2, 0.25) is 0 Å². The van der Waals surface area contributed by atoms with E-state index in [2.05, 4.69) is 28.2 Å². The van der Waals surface area contributed by atoms with Crippen LogP contribution in [0.2, 0.25) is 10.0 Å². The van der Waals surface area contributed by atoms with Crippen molar-refractivity contribution in [1.82, 2.24) is 5.32 Å². The molecule has 0 saturated heterocycles. The molecule has 4 nitrogen and oxygen atoms in total. The third-order valence-corrected chi connectivity index (χ3v) is 6.66. The standard InChI is InChI=1S/C24H23BrCl2N2O2/c1-15-4-2-3-5-22(15)29-24(30)18(13-28)10-16-6-9-23(20(25)11-16)31-14-17-7-8-19(26)12-21(17)27/h6-12,15,22H,2-5,14H2,1H3,(H,29,30). The van der Waals surface area contributed by atoms with Crippen molar-refractivity contribution in [3.63, 3.8) is 0 Å². The van der Waals surface area contributed by atoms with Crippen molar-refractivity contribution in [2.45, 2.75) is 45.3 Å². The minimum Gasteiger partial charge on any atom is -0.488 e. The topological polar surface area (TPSA) is 62.1 Å². The van der Waals surface area contributed by atoms with E-state index in [1.54, 1.807) is 30.3 Å². The Morgan fingerprint density at radius 3 is 2.71 bits per heavy atom. The zero-order valence-corrected chi connectivity index (χ0v) is 20.2. The smallest absolute Gasteiger partial charge is 0.262 e. The van der Waals surface area contributed by atoms with E-state index in [-0.39, 0.29) is 24.1 Å². The number of rotatable bonds is 6. The van der Waals surface area contributed by atoms with Gasteiger partial charge in [0.1, 0.15) is 24.0 Å². The minimum absolute atomic E-state index is 0.0892. The van der Waals surface area contributed by atoms with Crippen LogP contribution in [0.4, 0.5) is 0 Å². The predicted octanol–water partition coefficient (Wildman–Crippen LogP) is 6.94. The fourth-order valence-electron chi connectivity index (χ4n) is 3.61. The van der Waals surface area contributed by atoms with Crippen molar-refractivity contribution in [1.29, 1.82) is 5.26 Å². The molecule has 0 bridgehead atoms. The van der Waals surface area contributed by atoms with Crippen LogP contribution in [0.3, 0.4) is 0 Å². The summed E-state index contributed by atoms with van der Waals surface area (Å²) in [6, 6.07) is 12.8. The first-order chi connectivity index (χ1) is 14.9. The molecular formula is C24H23BrCl2N2O2. The summed E-state index contributed by atoms with van der Waals surface area (Å²) >= 11 is 15.6. The molecule has 7 heteroatoms. The summed E-state index contributed by atoms with van der Waals surface area (Å²) in [6.45, 7) is 2.43. The van der Waals surface area contributed by atoms with Crippen molar-refractivity contribution in [3.05, 3.63) is 67.6 Å². The molecule has 2 unspecified atom stereocenters. The summed E-state index contributed by atoms with van der Waals surface area (Å²) in [7, 11) is 0. The Labute approximate surface area is 201 Å². The Hall–Kier alpha value is -2.00. The maximum absolute atomic E-state index is 12.6. The van der Waals surface area contributed by atoms with Gasteiger partial charge in [-0.05, 0) is 70.6 Å². The summed E-state index contributed by atoms with van der Waals surface area (Å²) in [5.74, 6) is 0.731. The molecule has 3 rings (SSSR count). The average Bonchev–Trinajstić information content (AvgIpc) is 2.74. The van der Waals surface area contributed by atoms with Gasteiger partial charge in [-0.25, -0.2) is 0 Å². The number of benzene rings is 2. The van der Waals surface area contributed by atoms with Crippen molar-refractivity contribution in [2.75, 3.05) is 0 Å². The second-order valence-corrected chi connectivity index (χ2v) is 9.42. The number of amides is 1. The van der Waals surface area contributed by atoms with Gasteiger partial charge in [-0.15, -0.1) is 0 Å². The molecule has 2 atom stereocenters. The zero-order valence-electron chi connectivity index (χ0n) is 17.1. The summed E-state index contributed by atoms with van der Waals surface area (Å²) in [4.78, 5) is 12.6. The van der Waals surface area contributed by atoms with Crippen molar-refractivity contribution >= 4 is 51.1 Å². The van der Waals surface area contributed by atoms with E-state index < -0.39 is 0 Å². The van der Waals surface area contributed by atoms with Crippen molar-refractivity contribution < 1.29 is 9.53 Å². The predicted molar refractivity (Wildman–Crippen MR) is 128 cm³/mol. The second kappa shape index (κ2) is 11.0. The van der Waals surface area contributed by atoms with Crippen molar-refractivity contribution in [2.24, 2.45) is 5.92 Å². The van der Waals surface area contributed by atoms with Gasteiger partial charge < -0.3 is 10.1 Å². The van der Waals surface area contributed by atoms with E-state index >= 15 is 0 Å². The number of ether oxygens (including phenoxy) is 1. The third kappa shape index (κ3) is 6.49. The summed E-state index contributed by atoms with van der Waals surface area (Å²) in [5, 5.41) is 13.6. The number of nitriles is 1. The van der Waals surface area contributed by atoms with Crippen LogP contribution in [-0.2, 0) is 11.4 Å². The molecule has 2 aromatic carbocycles. The van der Waals surface area contributed by atoms with Gasteiger partial charge in [-0.3, -0.25) is 4.79 Å². The third-order valence-electron chi connectivity index (χ3n) is 5.46. The van der Waals surface area contributed by atoms with E-state index in [0.717, 1.165) is 30.4 Å². The van der Waals surface area contributed by atoms with Gasteiger partial charge in [0, 0.05) is 21.7 Å². The Morgan fingerprint density at radius 1 is 1.26 bits per heavy atom. The van der Waals surface area contributed by atoms with Crippen LogP contribution in [-0.4, -0.2) is 11.9 Å². The molecule has 0 aliphatic heterocycles. The van der Waals surface area contributed by atoms with Crippen molar-refractivity contribution in [3.8, 4) is 11.8 Å². The first kappa shape index (κ1) is 23.7. The highest BCUT2D eigenvalue weighted by molar-refractivity contribution is 9.10. The number of carbonyl (C=O) groups excluding carboxylic acids is 1. The van der Waals surface area contributed by atoms with Crippen LogP contribution < -0.4 is 10.1 Å². The van der Waals surface area contributed by atoms with Crippen LogP contribution in [0.25, 0.3) is 6.08 Å². The van der Waals surface area contributed by atoms with Crippen LogP contribution in [0, 0.1) is 17.2 Å². The molecular weight excluding hydrogens is 499 g/mol. The molecule has 31 heavy (non-hydrogen) atoms. The largest absolute Gasteiger partial charge is 0.488 e. The van der Waals surface area contributed by atoms with Crippen LogP contribution in [0.5, 0.6) is 5.75 Å². The van der Waals surface area contributed by atoms with E-state index in [1.807, 2.05) is 18.2 Å². The van der Waals surface area contributed by atoms with Crippen LogP contribution >= 0.6 is 39.1 Å². The molecule has 0 heterocycles. The lowest BCUT2D eigenvalue weighted by molar-refractivity contribution is -0.118. The maximum Gasteiger partial charge on any atom is 0.262 e. The quantitative estimate of drug-likeness (QED) is 0.331.